The lowest BCUT2D eigenvalue weighted by Gasteiger charge is -2.13. The standard InChI is InChI=1S/C17H16N2OS2/c1-12(2)18-9-8-13(11-18)10-15-16(20)19(17(21)22-15)14-6-4-3-5-7-14/h3-12H,1-2H3/b15-10+. The van der Waals surface area contributed by atoms with E-state index in [1.165, 1.54) is 11.8 Å². The predicted octanol–water partition coefficient (Wildman–Crippen LogP) is 4.47. The molecule has 0 radical (unpaired) electrons. The zero-order chi connectivity index (χ0) is 15.7. The molecule has 1 aromatic heterocycles. The third-order valence-electron chi connectivity index (χ3n) is 3.44. The first-order valence-corrected chi connectivity index (χ1v) is 8.29. The van der Waals surface area contributed by atoms with E-state index in [1.807, 2.05) is 54.9 Å². The third kappa shape index (κ3) is 2.87. The first kappa shape index (κ1) is 15.1. The summed E-state index contributed by atoms with van der Waals surface area (Å²) < 4.78 is 2.69. The van der Waals surface area contributed by atoms with E-state index >= 15 is 0 Å². The van der Waals surface area contributed by atoms with Gasteiger partial charge in [0.05, 0.1) is 10.6 Å². The molecule has 1 saturated heterocycles. The number of aromatic nitrogens is 1. The van der Waals surface area contributed by atoms with Crippen molar-refractivity contribution in [3.05, 3.63) is 59.3 Å². The SMILES string of the molecule is CC(C)n1ccc(/C=C2/SC(=S)N(c3ccccc3)C2=O)c1. The Hall–Kier alpha value is -1.85. The van der Waals surface area contributed by atoms with Crippen LogP contribution in [0.4, 0.5) is 5.69 Å². The largest absolute Gasteiger partial charge is 0.351 e. The Kier molecular flexibility index (Phi) is 4.18. The molecule has 0 atom stereocenters. The minimum absolute atomic E-state index is 0.0569. The van der Waals surface area contributed by atoms with Crippen LogP contribution in [0.2, 0.25) is 0 Å². The number of thioether (sulfide) groups is 1. The summed E-state index contributed by atoms with van der Waals surface area (Å²) in [5.41, 5.74) is 1.83. The fourth-order valence-electron chi connectivity index (χ4n) is 2.26. The summed E-state index contributed by atoms with van der Waals surface area (Å²) in [6.07, 6.45) is 5.97. The molecule has 3 rings (SSSR count). The molecular formula is C17H16N2OS2. The average molecular weight is 328 g/mol. The predicted molar refractivity (Wildman–Crippen MR) is 96.9 cm³/mol. The Morgan fingerprint density at radius 1 is 1.18 bits per heavy atom. The van der Waals surface area contributed by atoms with Gasteiger partial charge in [0.25, 0.3) is 5.91 Å². The van der Waals surface area contributed by atoms with Gasteiger partial charge in [0, 0.05) is 18.4 Å². The van der Waals surface area contributed by atoms with Crippen molar-refractivity contribution in [3.63, 3.8) is 0 Å². The highest BCUT2D eigenvalue weighted by Crippen LogP contribution is 2.35. The second-order valence-corrected chi connectivity index (χ2v) is 7.01. The Morgan fingerprint density at radius 3 is 2.55 bits per heavy atom. The molecule has 0 N–H and O–H groups in total. The van der Waals surface area contributed by atoms with Crippen molar-refractivity contribution in [3.8, 4) is 0 Å². The molecule has 0 unspecified atom stereocenters. The van der Waals surface area contributed by atoms with E-state index in [1.54, 1.807) is 4.90 Å². The molecule has 0 bridgehead atoms. The Balaban J connectivity index is 1.88. The normalized spacial score (nSPS) is 17.0. The van der Waals surface area contributed by atoms with E-state index in [-0.39, 0.29) is 5.91 Å². The number of benzene rings is 1. The molecule has 2 aromatic rings. The number of nitrogens with zero attached hydrogens (tertiary/aromatic N) is 2. The number of thiocarbonyl (C=S) groups is 1. The lowest BCUT2D eigenvalue weighted by atomic mass is 10.2. The maximum atomic E-state index is 12.6. The molecule has 3 nitrogen and oxygen atoms in total. The van der Waals surface area contributed by atoms with Gasteiger partial charge in [-0.1, -0.05) is 42.2 Å². The van der Waals surface area contributed by atoms with Crippen molar-refractivity contribution in [1.82, 2.24) is 4.57 Å². The van der Waals surface area contributed by atoms with Gasteiger partial charge in [0.15, 0.2) is 4.32 Å². The molecule has 1 aliphatic rings. The highest BCUT2D eigenvalue weighted by Gasteiger charge is 2.33. The van der Waals surface area contributed by atoms with Crippen LogP contribution >= 0.6 is 24.0 Å². The maximum absolute atomic E-state index is 12.6. The third-order valence-corrected chi connectivity index (χ3v) is 4.74. The molecule has 0 spiro atoms. The molecule has 1 aromatic carbocycles. The van der Waals surface area contributed by atoms with Gasteiger partial charge in [0.1, 0.15) is 0 Å². The van der Waals surface area contributed by atoms with Crippen molar-refractivity contribution in [2.75, 3.05) is 4.90 Å². The van der Waals surface area contributed by atoms with E-state index < -0.39 is 0 Å². The van der Waals surface area contributed by atoms with E-state index in [4.69, 9.17) is 12.2 Å². The van der Waals surface area contributed by atoms with Crippen LogP contribution in [0.3, 0.4) is 0 Å². The number of amides is 1. The fraction of sp³-hybridized carbons (Fsp3) is 0.176. The molecule has 0 saturated carbocycles. The number of carbonyl (C=O) groups excluding carboxylic acids is 1. The number of hydrogen-bond donors (Lipinski definition) is 0. The van der Waals surface area contributed by atoms with E-state index in [9.17, 15) is 4.79 Å². The molecule has 112 valence electrons. The van der Waals surface area contributed by atoms with Gasteiger partial charge in [-0.2, -0.15) is 0 Å². The van der Waals surface area contributed by atoms with Crippen molar-refractivity contribution >= 4 is 46.0 Å². The van der Waals surface area contributed by atoms with Crippen LogP contribution in [-0.2, 0) is 4.79 Å². The number of rotatable bonds is 3. The van der Waals surface area contributed by atoms with Crippen LogP contribution in [0.5, 0.6) is 0 Å². The number of hydrogen-bond acceptors (Lipinski definition) is 3. The Bertz CT molecular complexity index is 747. The van der Waals surface area contributed by atoms with Crippen LogP contribution < -0.4 is 4.90 Å². The maximum Gasteiger partial charge on any atom is 0.270 e. The monoisotopic (exact) mass is 328 g/mol. The quantitative estimate of drug-likeness (QED) is 0.614. The minimum atomic E-state index is -0.0569. The van der Waals surface area contributed by atoms with E-state index in [0.717, 1.165) is 11.3 Å². The van der Waals surface area contributed by atoms with Crippen LogP contribution in [-0.4, -0.2) is 14.8 Å². The van der Waals surface area contributed by atoms with Crippen molar-refractivity contribution in [2.45, 2.75) is 19.9 Å². The Labute approximate surface area is 139 Å². The van der Waals surface area contributed by atoms with Gasteiger partial charge < -0.3 is 4.57 Å². The lowest BCUT2D eigenvalue weighted by Crippen LogP contribution is -2.27. The van der Waals surface area contributed by atoms with Gasteiger partial charge in [-0.05, 0) is 43.7 Å². The van der Waals surface area contributed by atoms with Crippen molar-refractivity contribution in [2.24, 2.45) is 0 Å². The van der Waals surface area contributed by atoms with Crippen LogP contribution in [0, 0.1) is 0 Å². The molecular weight excluding hydrogens is 312 g/mol. The average Bonchev–Trinajstić information content (AvgIpc) is 3.06. The molecule has 22 heavy (non-hydrogen) atoms. The van der Waals surface area contributed by atoms with Crippen LogP contribution in [0.15, 0.2) is 53.7 Å². The molecule has 1 fully saturated rings. The zero-order valence-electron chi connectivity index (χ0n) is 12.4. The van der Waals surface area contributed by atoms with Crippen LogP contribution in [0.1, 0.15) is 25.5 Å². The topological polar surface area (TPSA) is 25.2 Å². The summed E-state index contributed by atoms with van der Waals surface area (Å²) in [6.45, 7) is 4.25. The summed E-state index contributed by atoms with van der Waals surface area (Å²) in [7, 11) is 0. The van der Waals surface area contributed by atoms with Crippen molar-refractivity contribution in [1.29, 1.82) is 0 Å². The molecule has 2 heterocycles. The summed E-state index contributed by atoms with van der Waals surface area (Å²) in [5, 5.41) is 0. The van der Waals surface area contributed by atoms with Crippen LogP contribution in [0.25, 0.3) is 6.08 Å². The van der Waals surface area contributed by atoms with Gasteiger partial charge in [-0.15, -0.1) is 0 Å². The highest BCUT2D eigenvalue weighted by molar-refractivity contribution is 8.27. The number of anilines is 1. The smallest absolute Gasteiger partial charge is 0.270 e. The first-order valence-electron chi connectivity index (χ1n) is 7.07. The Morgan fingerprint density at radius 2 is 1.91 bits per heavy atom. The van der Waals surface area contributed by atoms with E-state index in [2.05, 4.69) is 18.4 Å². The highest BCUT2D eigenvalue weighted by atomic mass is 32.2. The summed E-state index contributed by atoms with van der Waals surface area (Å²) in [5.74, 6) is -0.0569. The van der Waals surface area contributed by atoms with Gasteiger partial charge >= 0.3 is 0 Å². The molecule has 1 aliphatic heterocycles. The van der Waals surface area contributed by atoms with Gasteiger partial charge in [0.2, 0.25) is 0 Å². The zero-order valence-corrected chi connectivity index (χ0v) is 14.0. The van der Waals surface area contributed by atoms with Gasteiger partial charge in [-0.25, -0.2) is 0 Å². The second kappa shape index (κ2) is 6.10. The summed E-state index contributed by atoms with van der Waals surface area (Å²) in [6, 6.07) is 11.9. The molecule has 0 aliphatic carbocycles. The number of carbonyl (C=O) groups is 1. The molecule has 1 amide bonds. The summed E-state index contributed by atoms with van der Waals surface area (Å²) in [4.78, 5) is 14.9. The second-order valence-electron chi connectivity index (χ2n) is 5.34. The summed E-state index contributed by atoms with van der Waals surface area (Å²) >= 11 is 6.71. The lowest BCUT2D eigenvalue weighted by molar-refractivity contribution is -0.113. The first-order chi connectivity index (χ1) is 10.6. The van der Waals surface area contributed by atoms with E-state index in [0.29, 0.717) is 15.3 Å². The number of para-hydroxylation sites is 1. The molecule has 5 heteroatoms. The van der Waals surface area contributed by atoms with Gasteiger partial charge in [-0.3, -0.25) is 9.69 Å². The van der Waals surface area contributed by atoms with Crippen molar-refractivity contribution < 1.29 is 4.79 Å². The fourth-order valence-corrected chi connectivity index (χ4v) is 3.55. The minimum Gasteiger partial charge on any atom is -0.351 e.